The van der Waals surface area contributed by atoms with E-state index in [-0.39, 0.29) is 5.91 Å². The third-order valence-corrected chi connectivity index (χ3v) is 3.96. The summed E-state index contributed by atoms with van der Waals surface area (Å²) in [5.41, 5.74) is 0.434. The molecule has 5 heteroatoms. The van der Waals surface area contributed by atoms with Gasteiger partial charge in [0.2, 0.25) is 0 Å². The number of benzene rings is 1. The van der Waals surface area contributed by atoms with Gasteiger partial charge < -0.3 is 10.6 Å². The smallest absolute Gasteiger partial charge is 0.252 e. The van der Waals surface area contributed by atoms with Crippen molar-refractivity contribution in [3.05, 3.63) is 33.8 Å². The maximum absolute atomic E-state index is 11.9. The molecule has 1 heterocycles. The molecule has 0 aromatic heterocycles. The van der Waals surface area contributed by atoms with Crippen LogP contribution in [0.5, 0.6) is 0 Å². The predicted octanol–water partition coefficient (Wildman–Crippen LogP) is 2.87. The van der Waals surface area contributed by atoms with Crippen molar-refractivity contribution in [1.29, 1.82) is 0 Å². The second-order valence-corrected chi connectivity index (χ2v) is 5.22. The zero-order valence-electron chi connectivity index (χ0n) is 10.0. The summed E-state index contributed by atoms with van der Waals surface area (Å²) >= 11 is 11.9. The van der Waals surface area contributed by atoms with E-state index in [2.05, 4.69) is 10.6 Å². The minimum Gasteiger partial charge on any atom is -0.352 e. The van der Waals surface area contributed by atoms with Crippen molar-refractivity contribution in [1.82, 2.24) is 10.6 Å². The van der Waals surface area contributed by atoms with Gasteiger partial charge in [0.05, 0.1) is 15.6 Å². The maximum atomic E-state index is 11.9. The van der Waals surface area contributed by atoms with E-state index in [9.17, 15) is 4.79 Å². The van der Waals surface area contributed by atoms with Crippen LogP contribution in [0.4, 0.5) is 0 Å². The van der Waals surface area contributed by atoms with Crippen molar-refractivity contribution in [2.24, 2.45) is 0 Å². The van der Waals surface area contributed by atoms with Crippen LogP contribution in [0.3, 0.4) is 0 Å². The van der Waals surface area contributed by atoms with Gasteiger partial charge in [0.25, 0.3) is 5.91 Å². The fraction of sp³-hybridized carbons (Fsp3) is 0.462. The molecule has 3 nitrogen and oxygen atoms in total. The molecular formula is C13H16Cl2N2O. The summed E-state index contributed by atoms with van der Waals surface area (Å²) in [6.07, 6.45) is 3.36. The van der Waals surface area contributed by atoms with Gasteiger partial charge >= 0.3 is 0 Å². The van der Waals surface area contributed by atoms with E-state index in [1.807, 2.05) is 0 Å². The van der Waals surface area contributed by atoms with Crippen molar-refractivity contribution >= 4 is 29.1 Å². The highest BCUT2D eigenvalue weighted by Crippen LogP contribution is 2.25. The first-order valence-corrected chi connectivity index (χ1v) is 6.89. The summed E-state index contributed by atoms with van der Waals surface area (Å²) in [7, 11) is 0. The highest BCUT2D eigenvalue weighted by atomic mass is 35.5. The molecule has 1 aliphatic rings. The Labute approximate surface area is 117 Å². The summed E-state index contributed by atoms with van der Waals surface area (Å²) in [6, 6.07) is 5.60. The topological polar surface area (TPSA) is 41.1 Å². The van der Waals surface area contributed by atoms with Crippen molar-refractivity contribution in [2.75, 3.05) is 13.1 Å². The summed E-state index contributed by atoms with van der Waals surface area (Å²) in [4.78, 5) is 11.9. The van der Waals surface area contributed by atoms with E-state index >= 15 is 0 Å². The molecule has 0 radical (unpaired) electrons. The predicted molar refractivity (Wildman–Crippen MR) is 74.4 cm³/mol. The van der Waals surface area contributed by atoms with Crippen LogP contribution < -0.4 is 10.6 Å². The first-order valence-electron chi connectivity index (χ1n) is 6.14. The molecule has 1 unspecified atom stereocenters. The lowest BCUT2D eigenvalue weighted by Crippen LogP contribution is -2.30. The lowest BCUT2D eigenvalue weighted by Gasteiger charge is -2.11. The van der Waals surface area contributed by atoms with Gasteiger partial charge in [-0.25, -0.2) is 0 Å². The molecule has 0 saturated carbocycles. The lowest BCUT2D eigenvalue weighted by atomic mass is 10.1. The van der Waals surface area contributed by atoms with E-state index in [1.165, 1.54) is 12.8 Å². The Morgan fingerprint density at radius 3 is 3.00 bits per heavy atom. The highest BCUT2D eigenvalue weighted by Gasteiger charge is 2.15. The third-order valence-electron chi connectivity index (χ3n) is 3.14. The van der Waals surface area contributed by atoms with Crippen LogP contribution in [0.25, 0.3) is 0 Å². The molecule has 98 valence electrons. The van der Waals surface area contributed by atoms with Crippen LogP contribution in [0, 0.1) is 0 Å². The molecule has 18 heavy (non-hydrogen) atoms. The SMILES string of the molecule is O=C(NCCC1CCCN1)c1cccc(Cl)c1Cl. The second-order valence-electron chi connectivity index (χ2n) is 4.44. The number of carbonyl (C=O) groups excluding carboxylic acids is 1. The first-order chi connectivity index (χ1) is 8.68. The molecule has 1 saturated heterocycles. The number of halogens is 2. The largest absolute Gasteiger partial charge is 0.352 e. The molecule has 1 aliphatic heterocycles. The summed E-state index contributed by atoms with van der Waals surface area (Å²) < 4.78 is 0. The van der Waals surface area contributed by atoms with Crippen LogP contribution in [-0.4, -0.2) is 25.0 Å². The van der Waals surface area contributed by atoms with Crippen LogP contribution in [-0.2, 0) is 0 Å². The minimum absolute atomic E-state index is 0.166. The van der Waals surface area contributed by atoms with Crippen molar-refractivity contribution in [3.8, 4) is 0 Å². The van der Waals surface area contributed by atoms with Gasteiger partial charge in [-0.2, -0.15) is 0 Å². The number of rotatable bonds is 4. The fourth-order valence-corrected chi connectivity index (χ4v) is 2.52. The molecule has 0 spiro atoms. The molecule has 2 N–H and O–H groups in total. The number of nitrogens with one attached hydrogen (secondary N) is 2. The normalized spacial score (nSPS) is 18.9. The van der Waals surface area contributed by atoms with E-state index in [0.717, 1.165) is 13.0 Å². The van der Waals surface area contributed by atoms with E-state index < -0.39 is 0 Å². The standard InChI is InChI=1S/C13H16Cl2N2O/c14-11-5-1-4-10(12(11)15)13(18)17-8-6-9-3-2-7-16-9/h1,4-5,9,16H,2-3,6-8H2,(H,17,18). The molecule has 2 rings (SSSR count). The van der Waals surface area contributed by atoms with Gasteiger partial charge in [-0.15, -0.1) is 0 Å². The molecule has 1 amide bonds. The Balaban J connectivity index is 1.85. The molecular weight excluding hydrogens is 271 g/mol. The zero-order valence-corrected chi connectivity index (χ0v) is 11.5. The Hall–Kier alpha value is -0.770. The highest BCUT2D eigenvalue weighted by molar-refractivity contribution is 6.43. The van der Waals surface area contributed by atoms with Crippen LogP contribution in [0.2, 0.25) is 10.0 Å². The number of hydrogen-bond donors (Lipinski definition) is 2. The van der Waals surface area contributed by atoms with Crippen molar-refractivity contribution in [3.63, 3.8) is 0 Å². The average molecular weight is 287 g/mol. The summed E-state index contributed by atoms with van der Waals surface area (Å²) in [5.74, 6) is -0.166. The summed E-state index contributed by atoms with van der Waals surface area (Å²) in [5, 5.41) is 6.98. The van der Waals surface area contributed by atoms with Crippen LogP contribution in [0.1, 0.15) is 29.6 Å². The molecule has 1 aromatic rings. The van der Waals surface area contributed by atoms with Gasteiger partial charge in [-0.1, -0.05) is 29.3 Å². The molecule has 1 fully saturated rings. The van der Waals surface area contributed by atoms with Gasteiger partial charge in [-0.05, 0) is 37.9 Å². The van der Waals surface area contributed by atoms with E-state index in [1.54, 1.807) is 18.2 Å². The molecule has 1 aromatic carbocycles. The number of amides is 1. The van der Waals surface area contributed by atoms with Gasteiger partial charge in [0.1, 0.15) is 0 Å². The van der Waals surface area contributed by atoms with Crippen LogP contribution >= 0.6 is 23.2 Å². The molecule has 0 bridgehead atoms. The van der Waals surface area contributed by atoms with Gasteiger partial charge in [0, 0.05) is 12.6 Å². The van der Waals surface area contributed by atoms with Crippen molar-refractivity contribution in [2.45, 2.75) is 25.3 Å². The molecule has 0 aliphatic carbocycles. The Morgan fingerprint density at radius 1 is 1.44 bits per heavy atom. The maximum Gasteiger partial charge on any atom is 0.252 e. The van der Waals surface area contributed by atoms with Crippen molar-refractivity contribution < 1.29 is 4.79 Å². The second kappa shape index (κ2) is 6.41. The quantitative estimate of drug-likeness (QED) is 0.894. The lowest BCUT2D eigenvalue weighted by molar-refractivity contribution is 0.0952. The Bertz CT molecular complexity index is 431. The minimum atomic E-state index is -0.166. The van der Waals surface area contributed by atoms with Crippen LogP contribution in [0.15, 0.2) is 18.2 Å². The monoisotopic (exact) mass is 286 g/mol. The Kier molecular flexibility index (Phi) is 4.87. The number of carbonyl (C=O) groups is 1. The van der Waals surface area contributed by atoms with Gasteiger partial charge in [0.15, 0.2) is 0 Å². The van der Waals surface area contributed by atoms with E-state index in [0.29, 0.717) is 28.2 Å². The summed E-state index contributed by atoms with van der Waals surface area (Å²) in [6.45, 7) is 1.73. The molecule has 1 atom stereocenters. The van der Waals surface area contributed by atoms with Gasteiger partial charge in [-0.3, -0.25) is 4.79 Å². The fourth-order valence-electron chi connectivity index (χ4n) is 2.14. The Morgan fingerprint density at radius 2 is 2.28 bits per heavy atom. The average Bonchev–Trinajstić information content (AvgIpc) is 2.85. The zero-order chi connectivity index (χ0) is 13.0. The van der Waals surface area contributed by atoms with E-state index in [4.69, 9.17) is 23.2 Å². The third kappa shape index (κ3) is 3.37. The number of hydrogen-bond acceptors (Lipinski definition) is 2. The first kappa shape index (κ1) is 13.7.